The van der Waals surface area contributed by atoms with Crippen LogP contribution >= 0.6 is 0 Å². The van der Waals surface area contributed by atoms with Crippen molar-refractivity contribution in [1.82, 2.24) is 20.5 Å². The van der Waals surface area contributed by atoms with Gasteiger partial charge in [-0.15, -0.1) is 0 Å². The molecular weight excluding hydrogens is 540 g/mol. The molecule has 0 spiro atoms. The van der Waals surface area contributed by atoms with Gasteiger partial charge >= 0.3 is 0 Å². The van der Waals surface area contributed by atoms with E-state index in [4.69, 9.17) is 4.74 Å². The van der Waals surface area contributed by atoms with Crippen molar-refractivity contribution >= 4 is 17.7 Å². The highest BCUT2D eigenvalue weighted by Crippen LogP contribution is 2.46. The van der Waals surface area contributed by atoms with Gasteiger partial charge in [0, 0.05) is 29.9 Å². The van der Waals surface area contributed by atoms with E-state index in [-0.39, 0.29) is 36.9 Å². The predicted octanol–water partition coefficient (Wildman–Crippen LogP) is 5.47. The molecule has 43 heavy (non-hydrogen) atoms. The Morgan fingerprint density at radius 1 is 1.00 bits per heavy atom. The van der Waals surface area contributed by atoms with Crippen LogP contribution in [0.15, 0.2) is 84.6 Å². The van der Waals surface area contributed by atoms with Gasteiger partial charge in [-0.3, -0.25) is 19.4 Å². The van der Waals surface area contributed by atoms with Crippen LogP contribution < -0.4 is 15.4 Å². The van der Waals surface area contributed by atoms with E-state index in [0.29, 0.717) is 29.0 Å². The molecule has 1 aliphatic carbocycles. The van der Waals surface area contributed by atoms with E-state index in [1.807, 2.05) is 73.3 Å². The Hall–Kier alpha value is -4.46. The van der Waals surface area contributed by atoms with Gasteiger partial charge in [0.25, 0.3) is 11.8 Å². The largest absolute Gasteiger partial charge is 0.483 e. The van der Waals surface area contributed by atoms with Crippen LogP contribution in [0.1, 0.15) is 85.1 Å². The van der Waals surface area contributed by atoms with Crippen molar-refractivity contribution in [2.24, 2.45) is 0 Å². The van der Waals surface area contributed by atoms with Crippen molar-refractivity contribution < 1.29 is 19.1 Å². The van der Waals surface area contributed by atoms with Crippen molar-refractivity contribution in [2.45, 2.75) is 70.5 Å². The number of carbonyl (C=O) groups is 3. The molecule has 2 N–H and O–H groups in total. The van der Waals surface area contributed by atoms with Crippen LogP contribution in [-0.2, 0) is 16.1 Å². The molecule has 5 rings (SSSR count). The number of nitrogens with one attached hydrogen (secondary N) is 2. The number of allylic oxidation sites excluding steroid dienone is 1. The van der Waals surface area contributed by atoms with Crippen LogP contribution in [0.4, 0.5) is 0 Å². The van der Waals surface area contributed by atoms with Crippen LogP contribution in [0.3, 0.4) is 0 Å². The minimum absolute atomic E-state index is 0.0180. The Bertz CT molecular complexity index is 1470. The second-order valence-corrected chi connectivity index (χ2v) is 11.5. The molecule has 2 heterocycles. The van der Waals surface area contributed by atoms with E-state index in [1.54, 1.807) is 18.3 Å². The zero-order valence-electron chi connectivity index (χ0n) is 24.9. The van der Waals surface area contributed by atoms with Gasteiger partial charge in [-0.1, -0.05) is 54.1 Å². The van der Waals surface area contributed by atoms with Crippen molar-refractivity contribution in [3.63, 3.8) is 0 Å². The number of ether oxygens (including phenoxy) is 1. The third kappa shape index (κ3) is 7.31. The lowest BCUT2D eigenvalue weighted by atomic mass is 9.78. The molecule has 3 amide bonds. The van der Waals surface area contributed by atoms with Gasteiger partial charge in [0.1, 0.15) is 5.75 Å². The number of benzene rings is 2. The number of rotatable bonds is 11. The molecule has 0 saturated heterocycles. The highest BCUT2D eigenvalue weighted by molar-refractivity contribution is 6.01. The Labute approximate surface area is 253 Å². The van der Waals surface area contributed by atoms with Crippen LogP contribution in [0.25, 0.3) is 0 Å². The quantitative estimate of drug-likeness (QED) is 0.293. The summed E-state index contributed by atoms with van der Waals surface area (Å²) in [4.78, 5) is 47.0. The van der Waals surface area contributed by atoms with Crippen molar-refractivity contribution in [3.8, 4) is 5.75 Å². The number of hydrogen-bond donors (Lipinski definition) is 2. The number of hydrogen-bond acceptors (Lipinski definition) is 5. The lowest BCUT2D eigenvalue weighted by Gasteiger charge is -2.42. The molecule has 3 aromatic rings. The van der Waals surface area contributed by atoms with E-state index in [9.17, 15) is 14.4 Å². The SMILES string of the molecule is CC(C)NC(=O)COc1ccccc1C1C(C(=O)NCc2ccccn2)c2ccccc2C(=O)N1CCC1=CCCCC1. The molecule has 8 nitrogen and oxygen atoms in total. The molecule has 8 heteroatoms. The number of carbonyl (C=O) groups excluding carboxylic acids is 3. The van der Waals surface area contributed by atoms with E-state index < -0.39 is 12.0 Å². The fourth-order valence-electron chi connectivity index (χ4n) is 6.02. The van der Waals surface area contributed by atoms with Gasteiger partial charge in [-0.25, -0.2) is 0 Å². The Balaban J connectivity index is 1.54. The zero-order chi connectivity index (χ0) is 30.2. The topological polar surface area (TPSA) is 101 Å². The third-order valence-corrected chi connectivity index (χ3v) is 8.00. The van der Waals surface area contributed by atoms with Crippen LogP contribution in [0.2, 0.25) is 0 Å². The monoisotopic (exact) mass is 580 g/mol. The number of para-hydroxylation sites is 1. The van der Waals surface area contributed by atoms with E-state index in [0.717, 1.165) is 31.4 Å². The highest BCUT2D eigenvalue weighted by Gasteiger charge is 2.45. The second-order valence-electron chi connectivity index (χ2n) is 11.5. The van der Waals surface area contributed by atoms with Crippen molar-refractivity contribution in [1.29, 1.82) is 0 Å². The summed E-state index contributed by atoms with van der Waals surface area (Å²) in [6, 6.07) is 19.7. The minimum atomic E-state index is -0.702. The first-order valence-corrected chi connectivity index (χ1v) is 15.2. The Morgan fingerprint density at radius 2 is 1.77 bits per heavy atom. The second kappa shape index (κ2) is 14.1. The minimum Gasteiger partial charge on any atom is -0.483 e. The number of amides is 3. The summed E-state index contributed by atoms with van der Waals surface area (Å²) in [5.74, 6) is -0.779. The molecule has 0 fully saturated rings. The maximum atomic E-state index is 14.2. The summed E-state index contributed by atoms with van der Waals surface area (Å²) in [5, 5.41) is 5.94. The van der Waals surface area contributed by atoms with Gasteiger partial charge in [0.2, 0.25) is 5.91 Å². The predicted molar refractivity (Wildman–Crippen MR) is 165 cm³/mol. The van der Waals surface area contributed by atoms with Gasteiger partial charge in [0.05, 0.1) is 24.2 Å². The van der Waals surface area contributed by atoms with Crippen LogP contribution in [0, 0.1) is 0 Å². The first kappa shape index (κ1) is 30.0. The molecular formula is C35H40N4O4. The lowest BCUT2D eigenvalue weighted by molar-refractivity contribution is -0.125. The normalized spacial score (nSPS) is 18.1. The molecule has 0 radical (unpaired) electrons. The third-order valence-electron chi connectivity index (χ3n) is 8.00. The average Bonchev–Trinajstić information content (AvgIpc) is 3.03. The average molecular weight is 581 g/mol. The fraction of sp³-hybridized carbons (Fsp3) is 0.371. The summed E-state index contributed by atoms with van der Waals surface area (Å²) in [7, 11) is 0. The summed E-state index contributed by atoms with van der Waals surface area (Å²) in [6.07, 6.45) is 9.17. The maximum Gasteiger partial charge on any atom is 0.258 e. The smallest absolute Gasteiger partial charge is 0.258 e. The summed E-state index contributed by atoms with van der Waals surface area (Å²) in [6.45, 7) is 4.35. The molecule has 1 aromatic heterocycles. The standard InChI is InChI=1S/C35H40N4O4/c1-24(2)38-31(40)23-43-30-18-9-8-17-29(30)33-32(34(41)37-22-26-14-10-11-20-36-26)27-15-6-7-16-28(27)35(42)39(33)21-19-25-12-4-3-5-13-25/h6-12,14-18,20,24,32-33H,3-5,13,19,21-23H2,1-2H3,(H,37,41)(H,38,40). The van der Waals surface area contributed by atoms with Crippen LogP contribution in [0.5, 0.6) is 5.75 Å². The van der Waals surface area contributed by atoms with Gasteiger partial charge in [0.15, 0.2) is 6.61 Å². The van der Waals surface area contributed by atoms with Gasteiger partial charge in [-0.05, 0) is 75.8 Å². The Kier molecular flexibility index (Phi) is 9.87. The summed E-state index contributed by atoms with van der Waals surface area (Å²) in [5.41, 5.74) is 4.00. The van der Waals surface area contributed by atoms with Crippen molar-refractivity contribution in [2.75, 3.05) is 13.2 Å². The van der Waals surface area contributed by atoms with Gasteiger partial charge < -0.3 is 20.3 Å². The highest BCUT2D eigenvalue weighted by atomic mass is 16.5. The van der Waals surface area contributed by atoms with Crippen LogP contribution in [-0.4, -0.2) is 46.8 Å². The molecule has 0 bridgehead atoms. The molecule has 2 unspecified atom stereocenters. The molecule has 224 valence electrons. The fourth-order valence-corrected chi connectivity index (χ4v) is 6.02. The number of nitrogens with zero attached hydrogens (tertiary/aromatic N) is 2. The van der Waals surface area contributed by atoms with E-state index >= 15 is 0 Å². The molecule has 2 atom stereocenters. The lowest BCUT2D eigenvalue weighted by Crippen LogP contribution is -2.48. The Morgan fingerprint density at radius 3 is 2.51 bits per heavy atom. The molecule has 2 aliphatic rings. The number of pyridine rings is 1. The molecule has 2 aromatic carbocycles. The summed E-state index contributed by atoms with van der Waals surface area (Å²) < 4.78 is 6.07. The molecule has 0 saturated carbocycles. The maximum absolute atomic E-state index is 14.2. The van der Waals surface area contributed by atoms with E-state index in [1.165, 1.54) is 12.0 Å². The number of fused-ring (bicyclic) bond motifs is 1. The summed E-state index contributed by atoms with van der Waals surface area (Å²) >= 11 is 0. The molecule has 1 aliphatic heterocycles. The number of aromatic nitrogens is 1. The zero-order valence-corrected chi connectivity index (χ0v) is 24.9. The first-order valence-electron chi connectivity index (χ1n) is 15.2. The first-order chi connectivity index (χ1) is 20.9. The van der Waals surface area contributed by atoms with E-state index in [2.05, 4.69) is 21.7 Å². The van der Waals surface area contributed by atoms with Gasteiger partial charge in [-0.2, -0.15) is 0 Å². The van der Waals surface area contributed by atoms with Crippen molar-refractivity contribution in [3.05, 3.63) is 107 Å².